The molecule has 10 nitrogen and oxygen atoms in total. The van der Waals surface area contributed by atoms with E-state index in [4.69, 9.17) is 9.05 Å². The minimum Gasteiger partial charge on any atom is -0.387 e. The minimum atomic E-state index is -3.90. The summed E-state index contributed by atoms with van der Waals surface area (Å²) in [6, 6.07) is 14.4. The molecule has 43 heavy (non-hydrogen) atoms. The Balaban J connectivity index is 1.14. The Morgan fingerprint density at radius 2 is 1.65 bits per heavy atom. The van der Waals surface area contributed by atoms with Crippen LogP contribution in [0.5, 0.6) is 0 Å². The van der Waals surface area contributed by atoms with E-state index in [0.717, 1.165) is 17.7 Å². The molecule has 1 atom stereocenters. The fourth-order valence-electron chi connectivity index (χ4n) is 4.27. The van der Waals surface area contributed by atoms with Gasteiger partial charge in [0.2, 0.25) is 11.7 Å². The summed E-state index contributed by atoms with van der Waals surface area (Å²) in [5.41, 5.74) is 3.20. The van der Waals surface area contributed by atoms with Crippen LogP contribution in [0.15, 0.2) is 80.9 Å². The fourth-order valence-corrected chi connectivity index (χ4v) is 5.33. The van der Waals surface area contributed by atoms with E-state index in [1.54, 1.807) is 19.1 Å². The third-order valence-corrected chi connectivity index (χ3v) is 7.97. The van der Waals surface area contributed by atoms with Crippen LogP contribution < -0.4 is 10.0 Å². The second-order valence-corrected chi connectivity index (χ2v) is 11.4. The van der Waals surface area contributed by atoms with Gasteiger partial charge in [-0.15, -0.1) is 0 Å². The van der Waals surface area contributed by atoms with Crippen LogP contribution in [0.3, 0.4) is 0 Å². The molecule has 2 heterocycles. The first-order chi connectivity index (χ1) is 20.6. The molecule has 0 radical (unpaired) electrons. The van der Waals surface area contributed by atoms with Crippen molar-refractivity contribution in [3.63, 3.8) is 0 Å². The SMILES string of the molecule is Cc1nocc1C(O)CNCCc1ccc(NS(=O)(=O)c2ccc(-c3noc(Cc4cc(F)c(F)c(F)c4)n3)cc2)cc1. The molecule has 224 valence electrons. The van der Waals surface area contributed by atoms with E-state index < -0.39 is 33.6 Å². The Kier molecular flexibility index (Phi) is 8.89. The number of nitrogens with zero attached hydrogens (tertiary/aromatic N) is 3. The summed E-state index contributed by atoms with van der Waals surface area (Å²) in [6.45, 7) is 2.70. The monoisotopic (exact) mass is 613 g/mol. The number of aliphatic hydroxyl groups is 1. The molecule has 3 aromatic carbocycles. The smallest absolute Gasteiger partial charge is 0.261 e. The Bertz CT molecular complexity index is 1790. The number of aliphatic hydroxyl groups excluding tert-OH is 1. The van der Waals surface area contributed by atoms with Crippen molar-refractivity contribution in [2.24, 2.45) is 0 Å². The van der Waals surface area contributed by atoms with Gasteiger partial charge in [-0.1, -0.05) is 22.4 Å². The van der Waals surface area contributed by atoms with Gasteiger partial charge in [-0.25, -0.2) is 21.6 Å². The van der Waals surface area contributed by atoms with Crippen molar-refractivity contribution in [2.45, 2.75) is 30.8 Å². The van der Waals surface area contributed by atoms with Gasteiger partial charge in [-0.2, -0.15) is 4.98 Å². The van der Waals surface area contributed by atoms with Crippen molar-refractivity contribution >= 4 is 15.7 Å². The van der Waals surface area contributed by atoms with Gasteiger partial charge in [-0.3, -0.25) is 4.72 Å². The zero-order valence-electron chi connectivity index (χ0n) is 22.7. The van der Waals surface area contributed by atoms with Crippen LogP contribution in [0.2, 0.25) is 0 Å². The van der Waals surface area contributed by atoms with Crippen LogP contribution in [0.25, 0.3) is 11.4 Å². The molecule has 2 aromatic heterocycles. The normalized spacial score (nSPS) is 12.4. The Hall–Kier alpha value is -4.53. The molecule has 5 aromatic rings. The van der Waals surface area contributed by atoms with Gasteiger partial charge >= 0.3 is 0 Å². The molecule has 0 aliphatic rings. The lowest BCUT2D eigenvalue weighted by atomic mass is 10.1. The van der Waals surface area contributed by atoms with E-state index >= 15 is 0 Å². The summed E-state index contributed by atoms with van der Waals surface area (Å²) in [5, 5.41) is 21.0. The van der Waals surface area contributed by atoms with Gasteiger partial charge < -0.3 is 19.5 Å². The molecule has 0 fully saturated rings. The lowest BCUT2D eigenvalue weighted by molar-refractivity contribution is 0.173. The van der Waals surface area contributed by atoms with Crippen molar-refractivity contribution in [2.75, 3.05) is 17.8 Å². The molecular formula is C29H26F3N5O5S. The number of hydrogen-bond acceptors (Lipinski definition) is 9. The first-order valence-electron chi connectivity index (χ1n) is 13.1. The molecule has 5 rings (SSSR count). The van der Waals surface area contributed by atoms with E-state index in [-0.39, 0.29) is 28.6 Å². The number of halogens is 3. The predicted octanol–water partition coefficient (Wildman–Crippen LogP) is 4.71. The second kappa shape index (κ2) is 12.8. The molecular weight excluding hydrogens is 587 g/mol. The molecule has 14 heteroatoms. The molecule has 0 bridgehead atoms. The number of aromatic nitrogens is 3. The highest BCUT2D eigenvalue weighted by molar-refractivity contribution is 7.92. The number of anilines is 1. The highest BCUT2D eigenvalue weighted by Crippen LogP contribution is 2.23. The van der Waals surface area contributed by atoms with Crippen LogP contribution in [0.4, 0.5) is 18.9 Å². The van der Waals surface area contributed by atoms with Crippen molar-refractivity contribution in [3.8, 4) is 11.4 Å². The van der Waals surface area contributed by atoms with Crippen molar-refractivity contribution in [1.82, 2.24) is 20.6 Å². The Morgan fingerprint density at radius 3 is 2.30 bits per heavy atom. The topological polar surface area (TPSA) is 143 Å². The zero-order valence-corrected chi connectivity index (χ0v) is 23.5. The quantitative estimate of drug-likeness (QED) is 0.135. The lowest BCUT2D eigenvalue weighted by Gasteiger charge is -2.11. The van der Waals surface area contributed by atoms with Crippen molar-refractivity contribution in [1.29, 1.82) is 0 Å². The predicted molar refractivity (Wildman–Crippen MR) is 149 cm³/mol. The zero-order chi connectivity index (χ0) is 30.6. The van der Waals surface area contributed by atoms with E-state index in [9.17, 15) is 26.7 Å². The summed E-state index contributed by atoms with van der Waals surface area (Å²) in [5.74, 6) is -4.03. The number of nitrogens with one attached hydrogen (secondary N) is 2. The average Bonchev–Trinajstić information content (AvgIpc) is 3.63. The van der Waals surface area contributed by atoms with E-state index in [2.05, 4.69) is 25.3 Å². The van der Waals surface area contributed by atoms with Crippen molar-refractivity contribution < 1.29 is 35.7 Å². The van der Waals surface area contributed by atoms with Gasteiger partial charge in [0.05, 0.1) is 23.1 Å². The average molecular weight is 614 g/mol. The van der Waals surface area contributed by atoms with Crippen LogP contribution in [-0.2, 0) is 22.9 Å². The number of hydrogen-bond donors (Lipinski definition) is 3. The van der Waals surface area contributed by atoms with E-state index in [1.807, 2.05) is 12.1 Å². The van der Waals surface area contributed by atoms with Crippen LogP contribution in [-0.4, -0.2) is 41.9 Å². The van der Waals surface area contributed by atoms with Crippen LogP contribution >= 0.6 is 0 Å². The summed E-state index contributed by atoms with van der Waals surface area (Å²) in [6.07, 6.45) is 1.24. The van der Waals surface area contributed by atoms with E-state index in [0.29, 0.717) is 42.0 Å². The van der Waals surface area contributed by atoms with Gasteiger partial charge in [0, 0.05) is 23.4 Å². The maximum atomic E-state index is 13.5. The molecule has 0 saturated heterocycles. The fraction of sp³-hybridized carbons (Fsp3) is 0.207. The summed E-state index contributed by atoms with van der Waals surface area (Å²) in [7, 11) is -3.90. The number of sulfonamides is 1. The summed E-state index contributed by atoms with van der Waals surface area (Å²) in [4.78, 5) is 4.18. The molecule has 0 saturated carbocycles. The summed E-state index contributed by atoms with van der Waals surface area (Å²) >= 11 is 0. The van der Waals surface area contributed by atoms with E-state index in [1.165, 1.54) is 30.5 Å². The maximum Gasteiger partial charge on any atom is 0.261 e. The molecule has 0 aliphatic carbocycles. The molecule has 1 unspecified atom stereocenters. The molecule has 0 amide bonds. The lowest BCUT2D eigenvalue weighted by Crippen LogP contribution is -2.24. The first-order valence-corrected chi connectivity index (χ1v) is 14.6. The van der Waals surface area contributed by atoms with Crippen LogP contribution in [0, 0.1) is 24.4 Å². The van der Waals surface area contributed by atoms with Gasteiger partial charge in [0.25, 0.3) is 10.0 Å². The third kappa shape index (κ3) is 7.28. The van der Waals surface area contributed by atoms with Gasteiger partial charge in [0.1, 0.15) is 6.26 Å². The number of benzene rings is 3. The molecule has 0 aliphatic heterocycles. The number of rotatable bonds is 12. The highest BCUT2D eigenvalue weighted by Gasteiger charge is 2.17. The molecule has 0 spiro atoms. The number of aryl methyl sites for hydroxylation is 1. The van der Waals surface area contributed by atoms with Crippen molar-refractivity contribution in [3.05, 3.63) is 113 Å². The first kappa shape index (κ1) is 29.9. The van der Waals surface area contributed by atoms with Gasteiger partial charge in [0.15, 0.2) is 17.5 Å². The Morgan fingerprint density at radius 1 is 0.953 bits per heavy atom. The van der Waals surface area contributed by atoms with Crippen LogP contribution in [0.1, 0.15) is 34.4 Å². The molecule has 3 N–H and O–H groups in total. The maximum absolute atomic E-state index is 13.5. The largest absolute Gasteiger partial charge is 0.387 e. The minimum absolute atomic E-state index is 0.00660. The highest BCUT2D eigenvalue weighted by atomic mass is 32.2. The Labute approximate surface area is 244 Å². The van der Waals surface area contributed by atoms with Gasteiger partial charge in [-0.05, 0) is 79.5 Å². The third-order valence-electron chi connectivity index (χ3n) is 6.57. The standard InChI is InChI=1S/C29H26F3N5O5S/c1-17-23(16-41-35-17)26(38)15-33-11-10-18-2-6-21(7-3-18)37-43(39,40)22-8-4-20(5-9-22)29-34-27(42-36-29)14-19-12-24(30)28(32)25(31)13-19/h2-9,12-13,16,26,33,37-38H,10-11,14-15H2,1H3. The summed E-state index contributed by atoms with van der Waals surface area (Å²) < 4.78 is 78.5. The second-order valence-electron chi connectivity index (χ2n) is 9.71.